The first-order chi connectivity index (χ1) is 14.5. The maximum Gasteiger partial charge on any atom is 0.343 e. The summed E-state index contributed by atoms with van der Waals surface area (Å²) in [5.41, 5.74) is 2.46. The summed E-state index contributed by atoms with van der Waals surface area (Å²) < 4.78 is 23.8. The molecule has 1 unspecified atom stereocenters. The highest BCUT2D eigenvalue weighted by Crippen LogP contribution is 2.41. The van der Waals surface area contributed by atoms with E-state index in [1.807, 2.05) is 23.6 Å². The summed E-state index contributed by atoms with van der Waals surface area (Å²) in [5.74, 6) is 0.660. The second kappa shape index (κ2) is 9.80. The third-order valence-corrected chi connectivity index (χ3v) is 5.25. The Morgan fingerprint density at radius 1 is 1.10 bits per heavy atom. The Bertz CT molecular complexity index is 965. The average molecular weight is 415 g/mol. The minimum Gasteiger partial charge on any atom is -0.493 e. The second-order valence-electron chi connectivity index (χ2n) is 7.04. The number of pyridine rings is 1. The molecule has 7 nitrogen and oxygen atoms in total. The van der Waals surface area contributed by atoms with Gasteiger partial charge in [0.1, 0.15) is 12.2 Å². The maximum atomic E-state index is 12.7. The van der Waals surface area contributed by atoms with Crippen LogP contribution in [0.25, 0.3) is 11.3 Å². The molecule has 0 spiro atoms. The molecule has 1 aliphatic heterocycles. The lowest BCUT2D eigenvalue weighted by Gasteiger charge is -2.31. The fourth-order valence-corrected chi connectivity index (χ4v) is 3.76. The van der Waals surface area contributed by atoms with Crippen molar-refractivity contribution in [3.05, 3.63) is 45.7 Å². The number of carbonyl (C=O) groups excluding carboxylic acids is 1. The van der Waals surface area contributed by atoms with E-state index in [4.69, 9.17) is 18.9 Å². The van der Waals surface area contributed by atoms with Crippen molar-refractivity contribution in [2.45, 2.75) is 39.7 Å². The van der Waals surface area contributed by atoms with Gasteiger partial charge >= 0.3 is 5.97 Å². The molecule has 0 radical (unpaired) electrons. The molecule has 0 bridgehead atoms. The van der Waals surface area contributed by atoms with Gasteiger partial charge in [-0.2, -0.15) is 0 Å². The summed E-state index contributed by atoms with van der Waals surface area (Å²) in [7, 11) is 1.59. The predicted molar refractivity (Wildman–Crippen MR) is 114 cm³/mol. The minimum absolute atomic E-state index is 0.0605. The molecular weight excluding hydrogens is 386 g/mol. The molecule has 1 aliphatic rings. The minimum atomic E-state index is -0.589. The van der Waals surface area contributed by atoms with Crippen molar-refractivity contribution in [2.75, 3.05) is 33.5 Å². The number of rotatable bonds is 9. The van der Waals surface area contributed by atoms with Gasteiger partial charge in [-0.3, -0.25) is 4.79 Å². The molecule has 2 heterocycles. The van der Waals surface area contributed by atoms with E-state index in [1.54, 1.807) is 20.2 Å². The lowest BCUT2D eigenvalue weighted by Crippen LogP contribution is -2.26. The standard InChI is InChI=1S/C23H29NO6/c1-5-16-10-15-11-22(30-9-8-28-6-2)21(27-4)12-17(15)19-13-20(25)18(14-24(16)19)23(26)29-7-3/h11-14,16H,5-10H2,1-4H3. The van der Waals surface area contributed by atoms with Gasteiger partial charge in [0.2, 0.25) is 0 Å². The van der Waals surface area contributed by atoms with Crippen molar-refractivity contribution in [1.29, 1.82) is 0 Å². The van der Waals surface area contributed by atoms with Crippen molar-refractivity contribution < 1.29 is 23.7 Å². The highest BCUT2D eigenvalue weighted by molar-refractivity contribution is 5.89. The van der Waals surface area contributed by atoms with Crippen molar-refractivity contribution >= 4 is 5.97 Å². The molecule has 0 amide bonds. The summed E-state index contributed by atoms with van der Waals surface area (Å²) in [6.45, 7) is 7.55. The number of hydrogen-bond acceptors (Lipinski definition) is 6. The molecule has 0 fully saturated rings. The van der Waals surface area contributed by atoms with Gasteiger partial charge < -0.3 is 23.5 Å². The molecular formula is C23H29NO6. The third kappa shape index (κ3) is 4.36. The Labute approximate surface area is 176 Å². The van der Waals surface area contributed by atoms with Crippen LogP contribution >= 0.6 is 0 Å². The topological polar surface area (TPSA) is 76.0 Å². The van der Waals surface area contributed by atoms with Gasteiger partial charge in [0, 0.05) is 30.5 Å². The fraction of sp³-hybridized carbons (Fsp3) is 0.478. The van der Waals surface area contributed by atoms with E-state index in [1.165, 1.54) is 6.07 Å². The number of hydrogen-bond donors (Lipinski definition) is 0. The Hall–Kier alpha value is -2.80. The Morgan fingerprint density at radius 3 is 2.57 bits per heavy atom. The number of esters is 1. The predicted octanol–water partition coefficient (Wildman–Crippen LogP) is 3.62. The van der Waals surface area contributed by atoms with E-state index >= 15 is 0 Å². The molecule has 1 atom stereocenters. The molecule has 0 saturated carbocycles. The third-order valence-electron chi connectivity index (χ3n) is 5.25. The smallest absolute Gasteiger partial charge is 0.343 e. The summed E-state index contributed by atoms with van der Waals surface area (Å²) >= 11 is 0. The van der Waals surface area contributed by atoms with Crippen molar-refractivity contribution in [3.63, 3.8) is 0 Å². The van der Waals surface area contributed by atoms with Crippen LogP contribution in [0.1, 0.15) is 49.2 Å². The second-order valence-corrected chi connectivity index (χ2v) is 7.04. The molecule has 1 aromatic heterocycles. The van der Waals surface area contributed by atoms with Gasteiger partial charge in [-0.25, -0.2) is 4.79 Å². The number of nitrogens with zero attached hydrogens (tertiary/aromatic N) is 1. The van der Waals surface area contributed by atoms with Crippen LogP contribution in [0.15, 0.2) is 29.2 Å². The van der Waals surface area contributed by atoms with E-state index in [0.717, 1.165) is 29.7 Å². The SMILES string of the molecule is CCOCCOc1cc2c(cc1OC)-c1cc(=O)c(C(=O)OCC)cn1C(CC)C2. The van der Waals surface area contributed by atoms with Crippen LogP contribution in [0.2, 0.25) is 0 Å². The molecule has 0 aliphatic carbocycles. The number of fused-ring (bicyclic) bond motifs is 3. The molecule has 3 rings (SSSR count). The zero-order valence-electron chi connectivity index (χ0n) is 18.0. The molecule has 0 N–H and O–H groups in total. The molecule has 162 valence electrons. The largest absolute Gasteiger partial charge is 0.493 e. The van der Waals surface area contributed by atoms with E-state index < -0.39 is 5.97 Å². The van der Waals surface area contributed by atoms with E-state index in [9.17, 15) is 9.59 Å². The zero-order valence-corrected chi connectivity index (χ0v) is 18.0. The summed E-state index contributed by atoms with van der Waals surface area (Å²) in [6.07, 6.45) is 3.24. The van der Waals surface area contributed by atoms with Crippen molar-refractivity contribution in [1.82, 2.24) is 4.57 Å². The van der Waals surface area contributed by atoms with E-state index in [0.29, 0.717) is 31.3 Å². The van der Waals surface area contributed by atoms with Gasteiger partial charge in [-0.1, -0.05) is 6.92 Å². The number of ether oxygens (including phenoxy) is 4. The highest BCUT2D eigenvalue weighted by Gasteiger charge is 2.27. The Balaban J connectivity index is 2.05. The van der Waals surface area contributed by atoms with Crippen molar-refractivity contribution in [2.24, 2.45) is 0 Å². The van der Waals surface area contributed by atoms with Gasteiger partial charge in [0.25, 0.3) is 0 Å². The van der Waals surface area contributed by atoms with Crippen LogP contribution in [0.5, 0.6) is 11.5 Å². The van der Waals surface area contributed by atoms with Crippen LogP contribution < -0.4 is 14.9 Å². The maximum absolute atomic E-state index is 12.7. The lowest BCUT2D eigenvalue weighted by molar-refractivity contribution is 0.0523. The quantitative estimate of drug-likeness (QED) is 0.460. The molecule has 2 aromatic rings. The number of benzene rings is 1. The average Bonchev–Trinajstić information content (AvgIpc) is 2.75. The van der Waals surface area contributed by atoms with Crippen LogP contribution in [-0.2, 0) is 15.9 Å². The van der Waals surface area contributed by atoms with E-state index in [-0.39, 0.29) is 23.6 Å². The van der Waals surface area contributed by atoms with Gasteiger partial charge in [-0.05, 0) is 44.4 Å². The van der Waals surface area contributed by atoms with Crippen LogP contribution in [0, 0.1) is 0 Å². The van der Waals surface area contributed by atoms with E-state index in [2.05, 4.69) is 6.92 Å². The normalized spacial score (nSPS) is 14.6. The van der Waals surface area contributed by atoms with Crippen LogP contribution in [0.4, 0.5) is 0 Å². The summed E-state index contributed by atoms with van der Waals surface area (Å²) in [6, 6.07) is 5.51. The molecule has 0 saturated heterocycles. The first-order valence-electron chi connectivity index (χ1n) is 10.4. The molecule has 1 aromatic carbocycles. The number of carbonyl (C=O) groups is 1. The van der Waals surface area contributed by atoms with Crippen LogP contribution in [0.3, 0.4) is 0 Å². The summed E-state index contributed by atoms with van der Waals surface area (Å²) in [4.78, 5) is 24.9. The first kappa shape index (κ1) is 21.9. The Kier molecular flexibility index (Phi) is 7.15. The van der Waals surface area contributed by atoms with Gasteiger partial charge in [0.05, 0.1) is 26.0 Å². The summed E-state index contributed by atoms with van der Waals surface area (Å²) in [5, 5.41) is 0. The molecule has 30 heavy (non-hydrogen) atoms. The zero-order chi connectivity index (χ0) is 21.7. The highest BCUT2D eigenvalue weighted by atomic mass is 16.5. The fourth-order valence-electron chi connectivity index (χ4n) is 3.76. The lowest BCUT2D eigenvalue weighted by atomic mass is 9.90. The van der Waals surface area contributed by atoms with Crippen LogP contribution in [-0.4, -0.2) is 44.1 Å². The monoisotopic (exact) mass is 415 g/mol. The van der Waals surface area contributed by atoms with Crippen molar-refractivity contribution in [3.8, 4) is 22.8 Å². The first-order valence-corrected chi connectivity index (χ1v) is 10.4. The Morgan fingerprint density at radius 2 is 1.90 bits per heavy atom. The number of methoxy groups -OCH3 is 1. The number of aromatic nitrogens is 1. The van der Waals surface area contributed by atoms with Gasteiger partial charge in [-0.15, -0.1) is 0 Å². The van der Waals surface area contributed by atoms with Gasteiger partial charge in [0.15, 0.2) is 16.9 Å². The molecule has 7 heteroatoms.